The molecule has 0 saturated heterocycles. The van der Waals surface area contributed by atoms with Crippen molar-refractivity contribution in [3.8, 4) is 0 Å². The molecule has 0 aliphatic carbocycles. The molecule has 1 aromatic carbocycles. The molecule has 0 radical (unpaired) electrons. The molecule has 7 nitrogen and oxygen atoms in total. The summed E-state index contributed by atoms with van der Waals surface area (Å²) >= 11 is 1.76. The van der Waals surface area contributed by atoms with Crippen LogP contribution in [0.1, 0.15) is 32.9 Å². The van der Waals surface area contributed by atoms with Crippen molar-refractivity contribution in [2.75, 3.05) is 18.9 Å². The van der Waals surface area contributed by atoms with Gasteiger partial charge in [-0.25, -0.2) is 4.98 Å². The highest BCUT2D eigenvalue weighted by atomic mass is 127. The van der Waals surface area contributed by atoms with Gasteiger partial charge in [-0.2, -0.15) is 0 Å². The number of guanidine groups is 1. The fourth-order valence-electron chi connectivity index (χ4n) is 2.63. The lowest BCUT2D eigenvalue weighted by Crippen LogP contribution is -2.37. The number of carbonyl (C=O) groups excluding carboxylic acids is 1. The van der Waals surface area contributed by atoms with E-state index in [1.54, 1.807) is 30.5 Å². The highest BCUT2D eigenvalue weighted by Gasteiger charge is 2.08. The van der Waals surface area contributed by atoms with Crippen LogP contribution in [-0.4, -0.2) is 30.4 Å². The van der Waals surface area contributed by atoms with Gasteiger partial charge < -0.3 is 20.4 Å². The lowest BCUT2D eigenvalue weighted by molar-refractivity contribution is 0.0996. The van der Waals surface area contributed by atoms with Crippen molar-refractivity contribution in [1.82, 2.24) is 15.6 Å². The number of rotatable bonds is 8. The number of aromatic nitrogens is 1. The zero-order valence-corrected chi connectivity index (χ0v) is 20.1. The summed E-state index contributed by atoms with van der Waals surface area (Å²) in [6.45, 7) is 3.54. The first-order chi connectivity index (χ1) is 14.2. The van der Waals surface area contributed by atoms with Crippen molar-refractivity contribution < 1.29 is 9.21 Å². The van der Waals surface area contributed by atoms with Crippen LogP contribution in [0.15, 0.2) is 58.3 Å². The van der Waals surface area contributed by atoms with Crippen LogP contribution in [-0.2, 0) is 19.4 Å². The molecule has 3 rings (SSSR count). The fraction of sp³-hybridized carbons (Fsp3) is 0.286. The van der Waals surface area contributed by atoms with Gasteiger partial charge in [0.15, 0.2) is 11.7 Å². The summed E-state index contributed by atoms with van der Waals surface area (Å²) < 4.78 is 5.09. The van der Waals surface area contributed by atoms with Gasteiger partial charge in [-0.05, 0) is 36.2 Å². The minimum Gasteiger partial charge on any atom is -0.459 e. The van der Waals surface area contributed by atoms with Crippen LogP contribution in [0.25, 0.3) is 0 Å². The van der Waals surface area contributed by atoms with Gasteiger partial charge in [-0.3, -0.25) is 9.79 Å². The van der Waals surface area contributed by atoms with Gasteiger partial charge in [0.05, 0.1) is 11.3 Å². The predicted molar refractivity (Wildman–Crippen MR) is 132 cm³/mol. The van der Waals surface area contributed by atoms with E-state index in [1.807, 2.05) is 30.5 Å². The molecule has 0 fully saturated rings. The van der Waals surface area contributed by atoms with Crippen molar-refractivity contribution in [2.24, 2.45) is 4.99 Å². The van der Waals surface area contributed by atoms with Gasteiger partial charge in [0, 0.05) is 43.3 Å². The Morgan fingerprint density at radius 2 is 2.00 bits per heavy atom. The summed E-state index contributed by atoms with van der Waals surface area (Å²) in [5, 5.41) is 10.5. The first-order valence-electron chi connectivity index (χ1n) is 9.50. The van der Waals surface area contributed by atoms with Crippen molar-refractivity contribution in [1.29, 1.82) is 0 Å². The number of hydrogen-bond acceptors (Lipinski definition) is 5. The fourth-order valence-corrected chi connectivity index (χ4v) is 3.49. The van der Waals surface area contributed by atoms with Gasteiger partial charge >= 0.3 is 0 Å². The van der Waals surface area contributed by atoms with Gasteiger partial charge in [-0.15, -0.1) is 35.3 Å². The molecule has 0 saturated carbocycles. The maximum atomic E-state index is 12.0. The normalized spacial score (nSPS) is 10.9. The Morgan fingerprint density at radius 1 is 1.20 bits per heavy atom. The third kappa shape index (κ3) is 7.13. The first kappa shape index (κ1) is 23.9. The van der Waals surface area contributed by atoms with E-state index in [2.05, 4.69) is 32.9 Å². The molecule has 0 spiro atoms. The molecule has 2 heterocycles. The number of nitrogens with zero attached hydrogens (tertiary/aromatic N) is 2. The molecule has 0 bridgehead atoms. The lowest BCUT2D eigenvalue weighted by atomic mass is 10.2. The Morgan fingerprint density at radius 3 is 2.63 bits per heavy atom. The van der Waals surface area contributed by atoms with E-state index in [1.165, 1.54) is 11.1 Å². The van der Waals surface area contributed by atoms with E-state index < -0.39 is 0 Å². The zero-order chi connectivity index (χ0) is 20.5. The first-order valence-corrected chi connectivity index (χ1v) is 10.3. The summed E-state index contributed by atoms with van der Waals surface area (Å²) in [4.78, 5) is 22.0. The molecule has 30 heavy (non-hydrogen) atoms. The smallest absolute Gasteiger partial charge is 0.291 e. The molecule has 3 aromatic rings. The van der Waals surface area contributed by atoms with Crippen LogP contribution >= 0.6 is 35.3 Å². The number of amides is 1. The quantitative estimate of drug-likeness (QED) is 0.228. The average molecular weight is 539 g/mol. The van der Waals surface area contributed by atoms with E-state index in [4.69, 9.17) is 4.42 Å². The molecule has 2 aromatic heterocycles. The molecule has 160 valence electrons. The number of hydrogen-bond donors (Lipinski definition) is 3. The molecule has 0 aliphatic rings. The Hall–Kier alpha value is -2.40. The largest absolute Gasteiger partial charge is 0.459 e. The number of nitrogens with one attached hydrogen (secondary N) is 3. The van der Waals surface area contributed by atoms with Crippen molar-refractivity contribution in [3.63, 3.8) is 0 Å². The maximum Gasteiger partial charge on any atom is 0.291 e. The van der Waals surface area contributed by atoms with E-state index in [0.29, 0.717) is 12.2 Å². The second kappa shape index (κ2) is 12.3. The van der Waals surface area contributed by atoms with Crippen LogP contribution in [0, 0.1) is 0 Å². The third-order valence-corrected chi connectivity index (χ3v) is 5.42. The summed E-state index contributed by atoms with van der Waals surface area (Å²) in [6, 6.07) is 11.0. The van der Waals surface area contributed by atoms with Gasteiger partial charge in [0.2, 0.25) is 0 Å². The summed E-state index contributed by atoms with van der Waals surface area (Å²) in [5.74, 6) is 0.763. The Kier molecular flexibility index (Phi) is 9.81. The SMILES string of the molecule is CCc1cnc(CCNC(=NC)NCc2ccc(NC(=O)c3ccco3)cc2)s1.I. The highest BCUT2D eigenvalue weighted by molar-refractivity contribution is 14.0. The van der Waals surface area contributed by atoms with E-state index in [9.17, 15) is 4.79 Å². The number of furan rings is 1. The summed E-state index contributed by atoms with van der Waals surface area (Å²) in [7, 11) is 1.75. The van der Waals surface area contributed by atoms with Crippen molar-refractivity contribution in [2.45, 2.75) is 26.3 Å². The van der Waals surface area contributed by atoms with Crippen LogP contribution in [0.3, 0.4) is 0 Å². The van der Waals surface area contributed by atoms with Gasteiger partial charge in [0.1, 0.15) is 0 Å². The Bertz CT molecular complexity index is 939. The third-order valence-electron chi connectivity index (χ3n) is 4.22. The van der Waals surface area contributed by atoms with Crippen LogP contribution in [0.2, 0.25) is 0 Å². The number of carbonyl (C=O) groups is 1. The van der Waals surface area contributed by atoms with Crippen molar-refractivity contribution in [3.05, 3.63) is 70.1 Å². The van der Waals surface area contributed by atoms with E-state index in [0.717, 1.165) is 35.9 Å². The zero-order valence-electron chi connectivity index (χ0n) is 17.0. The van der Waals surface area contributed by atoms with Crippen molar-refractivity contribution >= 4 is 52.9 Å². The predicted octanol–water partition coefficient (Wildman–Crippen LogP) is 4.08. The number of thiazole rings is 1. The summed E-state index contributed by atoms with van der Waals surface area (Å²) in [5.41, 5.74) is 1.80. The molecule has 0 unspecified atom stereocenters. The molecular weight excluding hydrogens is 513 g/mol. The second-order valence-corrected chi connectivity index (χ2v) is 7.50. The Labute approximate surface area is 197 Å². The highest BCUT2D eigenvalue weighted by Crippen LogP contribution is 2.13. The number of benzene rings is 1. The molecule has 1 amide bonds. The van der Waals surface area contributed by atoms with Crippen LogP contribution < -0.4 is 16.0 Å². The number of aryl methyl sites for hydroxylation is 1. The monoisotopic (exact) mass is 539 g/mol. The van der Waals surface area contributed by atoms with Gasteiger partial charge in [-0.1, -0.05) is 19.1 Å². The molecule has 0 aliphatic heterocycles. The number of halogens is 1. The van der Waals surface area contributed by atoms with Crippen LogP contribution in [0.4, 0.5) is 5.69 Å². The van der Waals surface area contributed by atoms with E-state index in [-0.39, 0.29) is 35.6 Å². The molecule has 0 atom stereocenters. The minimum absolute atomic E-state index is 0. The molecule has 3 N–H and O–H groups in total. The lowest BCUT2D eigenvalue weighted by Gasteiger charge is -2.12. The Balaban J connectivity index is 0.00000320. The molecule has 9 heteroatoms. The summed E-state index contributed by atoms with van der Waals surface area (Å²) in [6.07, 6.45) is 5.33. The minimum atomic E-state index is -0.267. The standard InChI is InChI=1S/C21H25N5O2S.HI/c1-3-17-14-24-19(29-17)10-11-23-21(22-2)25-13-15-6-8-16(9-7-15)26-20(27)18-5-4-12-28-18;/h4-9,12,14H,3,10-11,13H2,1-2H3,(H,26,27)(H2,22,23,25);1H. The number of anilines is 1. The molecular formula is C21H26IN5O2S. The average Bonchev–Trinajstić information content (AvgIpc) is 3.43. The number of aliphatic imine (C=N–C) groups is 1. The topological polar surface area (TPSA) is 91.5 Å². The van der Waals surface area contributed by atoms with E-state index >= 15 is 0 Å². The second-order valence-electron chi connectivity index (χ2n) is 6.30. The van der Waals surface area contributed by atoms with Gasteiger partial charge in [0.25, 0.3) is 5.91 Å². The van der Waals surface area contributed by atoms with Crippen LogP contribution in [0.5, 0.6) is 0 Å². The maximum absolute atomic E-state index is 12.0.